The molecule has 2 amide bonds. The lowest BCUT2D eigenvalue weighted by atomic mass is 10.1. The van der Waals surface area contributed by atoms with Gasteiger partial charge in [0.1, 0.15) is 11.5 Å². The van der Waals surface area contributed by atoms with Gasteiger partial charge in [0.05, 0.1) is 18.0 Å². The molecule has 0 aliphatic heterocycles. The first kappa shape index (κ1) is 24.4. The minimum absolute atomic E-state index is 0.00167. The Hall–Kier alpha value is -2.91. The lowest BCUT2D eigenvalue weighted by Gasteiger charge is -2.25. The molecule has 9 heteroatoms. The van der Waals surface area contributed by atoms with Gasteiger partial charge in [0, 0.05) is 26.2 Å². The highest BCUT2D eigenvalue weighted by atomic mass is 32.2. The third kappa shape index (κ3) is 6.53. The van der Waals surface area contributed by atoms with Crippen LogP contribution in [0.1, 0.15) is 22.0 Å². The van der Waals surface area contributed by atoms with Gasteiger partial charge in [-0.25, -0.2) is 8.42 Å². The molecule has 1 unspecified atom stereocenters. The molecule has 0 spiro atoms. The largest absolute Gasteiger partial charge is 0.497 e. The van der Waals surface area contributed by atoms with Crippen LogP contribution in [0.15, 0.2) is 53.4 Å². The monoisotopic (exact) mass is 447 g/mol. The van der Waals surface area contributed by atoms with E-state index in [4.69, 9.17) is 4.74 Å². The zero-order valence-electron chi connectivity index (χ0n) is 18.5. The topological polar surface area (TPSA) is 96.0 Å². The number of methoxy groups -OCH3 is 1. The zero-order chi connectivity index (χ0) is 23.2. The number of nitrogens with one attached hydrogen (secondary N) is 1. The fraction of sp³-hybridized carbons (Fsp3) is 0.364. The molecule has 2 rings (SSSR count). The summed E-state index contributed by atoms with van der Waals surface area (Å²) >= 11 is 0. The van der Waals surface area contributed by atoms with Crippen LogP contribution in [0.4, 0.5) is 0 Å². The van der Waals surface area contributed by atoms with E-state index in [0.29, 0.717) is 12.1 Å². The summed E-state index contributed by atoms with van der Waals surface area (Å²) in [4.78, 5) is 27.5. The van der Waals surface area contributed by atoms with Crippen molar-refractivity contribution in [3.63, 3.8) is 0 Å². The van der Waals surface area contributed by atoms with Crippen LogP contribution in [-0.4, -0.2) is 77.6 Å². The van der Waals surface area contributed by atoms with E-state index in [-0.39, 0.29) is 16.8 Å². The van der Waals surface area contributed by atoms with Crippen LogP contribution in [-0.2, 0) is 14.6 Å². The molecule has 1 N–H and O–H groups in total. The maximum Gasteiger partial charge on any atom is 0.251 e. The Kier molecular flexibility index (Phi) is 8.18. The second-order valence-electron chi connectivity index (χ2n) is 7.54. The van der Waals surface area contributed by atoms with Crippen molar-refractivity contribution >= 4 is 21.7 Å². The van der Waals surface area contributed by atoms with Crippen molar-refractivity contribution in [2.45, 2.75) is 10.9 Å². The van der Waals surface area contributed by atoms with Gasteiger partial charge >= 0.3 is 0 Å². The van der Waals surface area contributed by atoms with Gasteiger partial charge in [-0.2, -0.15) is 0 Å². The van der Waals surface area contributed by atoms with Gasteiger partial charge in [0.2, 0.25) is 5.91 Å². The first-order valence-electron chi connectivity index (χ1n) is 9.66. The molecule has 8 nitrogen and oxygen atoms in total. The highest BCUT2D eigenvalue weighted by Gasteiger charge is 2.21. The Morgan fingerprint density at radius 3 is 2.23 bits per heavy atom. The van der Waals surface area contributed by atoms with E-state index < -0.39 is 21.5 Å². The smallest absolute Gasteiger partial charge is 0.251 e. The lowest BCUT2D eigenvalue weighted by Crippen LogP contribution is -2.34. The van der Waals surface area contributed by atoms with E-state index in [2.05, 4.69) is 5.32 Å². The lowest BCUT2D eigenvalue weighted by molar-refractivity contribution is -0.125. The summed E-state index contributed by atoms with van der Waals surface area (Å²) in [6.07, 6.45) is 0. The summed E-state index contributed by atoms with van der Waals surface area (Å²) in [7, 11) is 4.67. The van der Waals surface area contributed by atoms with E-state index in [1.807, 2.05) is 43.3 Å². The number of ether oxygens (including phenoxy) is 1. The summed E-state index contributed by atoms with van der Waals surface area (Å²) in [5.74, 6) is -0.700. The molecule has 0 bridgehead atoms. The van der Waals surface area contributed by atoms with Crippen LogP contribution in [0, 0.1) is 0 Å². The highest BCUT2D eigenvalue weighted by Crippen LogP contribution is 2.22. The van der Waals surface area contributed by atoms with E-state index in [0.717, 1.165) is 11.3 Å². The summed E-state index contributed by atoms with van der Waals surface area (Å²) in [6.45, 7) is 0.358. The molecule has 31 heavy (non-hydrogen) atoms. The number of rotatable bonds is 9. The predicted molar refractivity (Wildman–Crippen MR) is 119 cm³/mol. The number of amides is 2. The average Bonchev–Trinajstić information content (AvgIpc) is 2.73. The Bertz CT molecular complexity index is 1020. The molecule has 0 aromatic heterocycles. The molecule has 0 radical (unpaired) electrons. The van der Waals surface area contributed by atoms with E-state index in [9.17, 15) is 18.0 Å². The first-order chi connectivity index (χ1) is 14.5. The fourth-order valence-electron chi connectivity index (χ4n) is 2.93. The Labute approximate surface area is 183 Å². The Morgan fingerprint density at radius 2 is 1.68 bits per heavy atom. The zero-order valence-corrected chi connectivity index (χ0v) is 19.3. The molecule has 0 saturated carbocycles. The number of hydrogen-bond donors (Lipinski definition) is 1. The van der Waals surface area contributed by atoms with Crippen molar-refractivity contribution in [1.82, 2.24) is 15.1 Å². The highest BCUT2D eigenvalue weighted by molar-refractivity contribution is 7.92. The van der Waals surface area contributed by atoms with Crippen LogP contribution in [0.3, 0.4) is 0 Å². The summed E-state index contributed by atoms with van der Waals surface area (Å²) < 4.78 is 30.0. The van der Waals surface area contributed by atoms with Gasteiger partial charge in [-0.3, -0.25) is 9.59 Å². The molecule has 2 aromatic carbocycles. The third-order valence-corrected chi connectivity index (χ3v) is 6.46. The van der Waals surface area contributed by atoms with Crippen LogP contribution < -0.4 is 10.1 Å². The SMILES string of the molecule is COc1cccc(C(CNC(=O)c2ccc(S(=O)(=O)CC(=O)N(C)C)cc2)N(C)C)c1. The second-order valence-corrected chi connectivity index (χ2v) is 9.53. The van der Waals surface area contributed by atoms with E-state index in [1.165, 1.54) is 43.3 Å². The Balaban J connectivity index is 2.08. The van der Waals surface area contributed by atoms with Crippen LogP contribution >= 0.6 is 0 Å². The third-order valence-electron chi connectivity index (χ3n) is 4.85. The minimum atomic E-state index is -3.77. The fourth-order valence-corrected chi connectivity index (χ4v) is 4.23. The maximum atomic E-state index is 12.6. The Morgan fingerprint density at radius 1 is 1.03 bits per heavy atom. The van der Waals surface area contributed by atoms with Gasteiger partial charge in [-0.1, -0.05) is 12.1 Å². The first-order valence-corrected chi connectivity index (χ1v) is 11.3. The summed E-state index contributed by atoms with van der Waals surface area (Å²) in [5.41, 5.74) is 1.33. The average molecular weight is 448 g/mol. The molecule has 0 heterocycles. The standard InChI is InChI=1S/C22H29N3O5S/c1-24(2)20(17-7-6-8-18(13-17)30-5)14-23-22(27)16-9-11-19(12-10-16)31(28,29)15-21(26)25(3)4/h6-13,20H,14-15H2,1-5H3,(H,23,27). The van der Waals surface area contributed by atoms with Gasteiger partial charge in [-0.05, 0) is 56.1 Å². The molecule has 0 saturated heterocycles. The molecule has 0 aliphatic rings. The van der Waals surface area contributed by atoms with E-state index >= 15 is 0 Å². The number of sulfone groups is 1. The normalized spacial score (nSPS) is 12.3. The number of carbonyl (C=O) groups excluding carboxylic acids is 2. The maximum absolute atomic E-state index is 12.6. The predicted octanol–water partition coefficient (Wildman–Crippen LogP) is 1.59. The van der Waals surface area contributed by atoms with Crippen molar-refractivity contribution in [3.8, 4) is 5.75 Å². The van der Waals surface area contributed by atoms with Crippen LogP contribution in [0.5, 0.6) is 5.75 Å². The molecular formula is C22H29N3O5S. The number of carbonyl (C=O) groups is 2. The quantitative estimate of drug-likeness (QED) is 0.627. The van der Waals surface area contributed by atoms with Gasteiger partial charge in [0.25, 0.3) is 5.91 Å². The number of benzene rings is 2. The molecule has 168 valence electrons. The summed E-state index contributed by atoms with van der Waals surface area (Å²) in [5, 5.41) is 2.89. The van der Waals surface area contributed by atoms with Crippen LogP contribution in [0.2, 0.25) is 0 Å². The van der Waals surface area contributed by atoms with Crippen molar-refractivity contribution in [2.24, 2.45) is 0 Å². The van der Waals surface area contributed by atoms with Gasteiger partial charge in [-0.15, -0.1) is 0 Å². The molecule has 0 fully saturated rings. The number of nitrogens with zero attached hydrogens (tertiary/aromatic N) is 2. The molecular weight excluding hydrogens is 418 g/mol. The van der Waals surface area contributed by atoms with Crippen molar-refractivity contribution < 1.29 is 22.7 Å². The molecule has 1 atom stereocenters. The van der Waals surface area contributed by atoms with Crippen molar-refractivity contribution in [3.05, 3.63) is 59.7 Å². The van der Waals surface area contributed by atoms with E-state index in [1.54, 1.807) is 7.11 Å². The molecule has 2 aromatic rings. The number of likely N-dealkylation sites (N-methyl/N-ethyl adjacent to an activating group) is 1. The number of hydrogen-bond acceptors (Lipinski definition) is 6. The van der Waals surface area contributed by atoms with Crippen molar-refractivity contribution in [1.29, 1.82) is 0 Å². The van der Waals surface area contributed by atoms with Gasteiger partial charge in [0.15, 0.2) is 9.84 Å². The van der Waals surface area contributed by atoms with Gasteiger partial charge < -0.3 is 19.9 Å². The van der Waals surface area contributed by atoms with Crippen molar-refractivity contribution in [2.75, 3.05) is 47.6 Å². The second kappa shape index (κ2) is 10.4. The minimum Gasteiger partial charge on any atom is -0.497 e. The summed E-state index contributed by atoms with van der Waals surface area (Å²) in [6, 6.07) is 13.1. The van der Waals surface area contributed by atoms with Crippen LogP contribution in [0.25, 0.3) is 0 Å². The molecule has 0 aliphatic carbocycles.